The van der Waals surface area contributed by atoms with Gasteiger partial charge in [0, 0.05) is 17.5 Å². The molecule has 0 spiro atoms. The van der Waals surface area contributed by atoms with Crippen LogP contribution in [0, 0.1) is 0 Å². The third-order valence-corrected chi connectivity index (χ3v) is 5.31. The van der Waals surface area contributed by atoms with Gasteiger partial charge >= 0.3 is 0 Å². The van der Waals surface area contributed by atoms with Crippen molar-refractivity contribution in [1.29, 1.82) is 0 Å². The minimum Gasteiger partial charge on any atom is -0.305 e. The van der Waals surface area contributed by atoms with Crippen molar-refractivity contribution >= 4 is 38.0 Å². The van der Waals surface area contributed by atoms with Crippen LogP contribution in [0.15, 0.2) is 58.4 Å². The van der Waals surface area contributed by atoms with E-state index >= 15 is 0 Å². The van der Waals surface area contributed by atoms with Gasteiger partial charge < -0.3 is 5.32 Å². The molecule has 3 heteroatoms. The van der Waals surface area contributed by atoms with Gasteiger partial charge in [-0.1, -0.05) is 42.5 Å². The first-order valence-electron chi connectivity index (χ1n) is 6.69. The molecule has 0 saturated carbocycles. The van der Waals surface area contributed by atoms with Gasteiger partial charge in [0.25, 0.3) is 0 Å². The summed E-state index contributed by atoms with van der Waals surface area (Å²) in [5.74, 6) is 0. The lowest BCUT2D eigenvalue weighted by atomic mass is 10.0. The van der Waals surface area contributed by atoms with E-state index < -0.39 is 0 Å². The summed E-state index contributed by atoms with van der Waals surface area (Å²) in [6.07, 6.45) is 0. The van der Waals surface area contributed by atoms with Crippen molar-refractivity contribution < 1.29 is 0 Å². The number of hydrogen-bond acceptors (Lipinski definition) is 2. The summed E-state index contributed by atoms with van der Waals surface area (Å²) in [5.41, 5.74) is 1.35. The summed E-state index contributed by atoms with van der Waals surface area (Å²) in [5, 5.41) is 6.25. The molecule has 1 nitrogen and oxygen atoms in total. The average Bonchev–Trinajstić information content (AvgIpc) is 2.91. The molecule has 2 aromatic carbocycles. The number of benzene rings is 2. The van der Waals surface area contributed by atoms with Gasteiger partial charge in [0.2, 0.25) is 0 Å². The van der Waals surface area contributed by atoms with Gasteiger partial charge in [0.05, 0.1) is 3.79 Å². The van der Waals surface area contributed by atoms with Gasteiger partial charge in [-0.05, 0) is 51.3 Å². The SMILES string of the molecule is CC(NCc1cccc2ccccc12)c1ccc(Br)s1. The molecule has 0 saturated heterocycles. The summed E-state index contributed by atoms with van der Waals surface area (Å²) in [4.78, 5) is 1.36. The molecule has 1 N–H and O–H groups in total. The Bertz CT molecular complexity index is 714. The Hall–Kier alpha value is -1.16. The quantitative estimate of drug-likeness (QED) is 0.656. The lowest BCUT2D eigenvalue weighted by molar-refractivity contribution is 0.585. The Morgan fingerprint density at radius 3 is 2.65 bits per heavy atom. The molecule has 3 aromatic rings. The van der Waals surface area contributed by atoms with E-state index in [0.29, 0.717) is 6.04 Å². The van der Waals surface area contributed by atoms with Crippen LogP contribution in [0.2, 0.25) is 0 Å². The highest BCUT2D eigenvalue weighted by Crippen LogP contribution is 2.27. The molecule has 0 radical (unpaired) electrons. The Morgan fingerprint density at radius 2 is 1.85 bits per heavy atom. The molecular weight excluding hydrogens is 330 g/mol. The topological polar surface area (TPSA) is 12.0 Å². The molecule has 0 aliphatic carbocycles. The van der Waals surface area contributed by atoms with Crippen molar-refractivity contribution in [2.75, 3.05) is 0 Å². The third-order valence-electron chi connectivity index (χ3n) is 3.50. The number of halogens is 1. The van der Waals surface area contributed by atoms with Gasteiger partial charge in [0.1, 0.15) is 0 Å². The average molecular weight is 346 g/mol. The number of hydrogen-bond donors (Lipinski definition) is 1. The number of rotatable bonds is 4. The first-order valence-corrected chi connectivity index (χ1v) is 8.30. The van der Waals surface area contributed by atoms with E-state index in [1.54, 1.807) is 11.3 Å². The second kappa shape index (κ2) is 6.08. The standard InChI is InChI=1S/C17H16BrNS/c1-12(16-9-10-17(18)20-16)19-11-14-7-4-6-13-5-2-3-8-15(13)14/h2-10,12,19H,11H2,1H3. The second-order valence-electron chi connectivity index (χ2n) is 4.88. The Morgan fingerprint density at radius 1 is 1.05 bits per heavy atom. The zero-order chi connectivity index (χ0) is 13.9. The maximum Gasteiger partial charge on any atom is 0.0701 e. The van der Waals surface area contributed by atoms with Gasteiger partial charge in [-0.25, -0.2) is 0 Å². The maximum atomic E-state index is 3.61. The van der Waals surface area contributed by atoms with Gasteiger partial charge in [0.15, 0.2) is 0 Å². The molecule has 1 aromatic heterocycles. The van der Waals surface area contributed by atoms with Crippen molar-refractivity contribution in [2.24, 2.45) is 0 Å². The molecular formula is C17H16BrNS. The smallest absolute Gasteiger partial charge is 0.0701 e. The molecule has 0 aliphatic heterocycles. The van der Waals surface area contributed by atoms with Crippen molar-refractivity contribution in [2.45, 2.75) is 19.5 Å². The molecule has 3 rings (SSSR count). The predicted molar refractivity (Wildman–Crippen MR) is 91.2 cm³/mol. The summed E-state index contributed by atoms with van der Waals surface area (Å²) in [6.45, 7) is 3.10. The summed E-state index contributed by atoms with van der Waals surface area (Å²) >= 11 is 5.31. The van der Waals surface area contributed by atoms with Gasteiger partial charge in [-0.3, -0.25) is 0 Å². The summed E-state index contributed by atoms with van der Waals surface area (Å²) < 4.78 is 1.19. The molecule has 1 heterocycles. The zero-order valence-corrected chi connectivity index (χ0v) is 13.7. The fraction of sp³-hybridized carbons (Fsp3) is 0.176. The highest BCUT2D eigenvalue weighted by molar-refractivity contribution is 9.11. The van der Waals surface area contributed by atoms with Crippen LogP contribution >= 0.6 is 27.3 Å². The summed E-state index contributed by atoms with van der Waals surface area (Å²) in [6, 6.07) is 19.7. The van der Waals surface area contributed by atoms with E-state index in [-0.39, 0.29) is 0 Å². The molecule has 20 heavy (non-hydrogen) atoms. The van der Waals surface area contributed by atoms with Crippen molar-refractivity contribution in [3.63, 3.8) is 0 Å². The Kier molecular flexibility index (Phi) is 4.20. The largest absolute Gasteiger partial charge is 0.305 e. The van der Waals surface area contributed by atoms with Crippen LogP contribution in [0.1, 0.15) is 23.4 Å². The minimum absolute atomic E-state index is 0.366. The van der Waals surface area contributed by atoms with Crippen LogP contribution < -0.4 is 5.32 Å². The van der Waals surface area contributed by atoms with Crippen LogP contribution in [-0.4, -0.2) is 0 Å². The second-order valence-corrected chi connectivity index (χ2v) is 7.38. The lowest BCUT2D eigenvalue weighted by Gasteiger charge is -2.13. The van der Waals surface area contributed by atoms with E-state index in [9.17, 15) is 0 Å². The first-order chi connectivity index (χ1) is 9.74. The monoisotopic (exact) mass is 345 g/mol. The molecule has 1 unspecified atom stereocenters. The van der Waals surface area contributed by atoms with Crippen LogP contribution in [0.5, 0.6) is 0 Å². The third kappa shape index (κ3) is 2.95. The maximum absolute atomic E-state index is 3.61. The first kappa shape index (κ1) is 13.8. The van der Waals surface area contributed by atoms with E-state index in [1.165, 1.54) is 25.0 Å². The highest BCUT2D eigenvalue weighted by atomic mass is 79.9. The van der Waals surface area contributed by atoms with Crippen LogP contribution in [-0.2, 0) is 6.54 Å². The molecule has 0 bridgehead atoms. The van der Waals surface area contributed by atoms with E-state index in [1.807, 2.05) is 0 Å². The minimum atomic E-state index is 0.366. The summed E-state index contributed by atoms with van der Waals surface area (Å²) in [7, 11) is 0. The van der Waals surface area contributed by atoms with Crippen LogP contribution in [0.25, 0.3) is 10.8 Å². The lowest BCUT2D eigenvalue weighted by Crippen LogP contribution is -2.17. The molecule has 0 fully saturated rings. The number of fused-ring (bicyclic) bond motifs is 1. The van der Waals surface area contributed by atoms with Crippen molar-refractivity contribution in [1.82, 2.24) is 5.32 Å². The molecule has 0 aliphatic rings. The van der Waals surface area contributed by atoms with Crippen LogP contribution in [0.3, 0.4) is 0 Å². The van der Waals surface area contributed by atoms with Gasteiger partial charge in [-0.2, -0.15) is 0 Å². The number of nitrogens with one attached hydrogen (secondary N) is 1. The highest BCUT2D eigenvalue weighted by Gasteiger charge is 2.08. The zero-order valence-electron chi connectivity index (χ0n) is 11.3. The van der Waals surface area contributed by atoms with Crippen molar-refractivity contribution in [3.8, 4) is 0 Å². The Balaban J connectivity index is 1.77. The Labute approximate surface area is 131 Å². The molecule has 1 atom stereocenters. The fourth-order valence-corrected chi connectivity index (χ4v) is 3.82. The van der Waals surface area contributed by atoms with E-state index in [2.05, 4.69) is 82.8 Å². The fourth-order valence-electron chi connectivity index (χ4n) is 2.37. The molecule has 102 valence electrons. The van der Waals surface area contributed by atoms with E-state index in [0.717, 1.165) is 6.54 Å². The predicted octanol–water partition coefficient (Wildman–Crippen LogP) is 5.51. The van der Waals surface area contributed by atoms with E-state index in [4.69, 9.17) is 0 Å². The van der Waals surface area contributed by atoms with Crippen molar-refractivity contribution in [3.05, 3.63) is 68.8 Å². The van der Waals surface area contributed by atoms with Crippen LogP contribution in [0.4, 0.5) is 0 Å². The number of thiophene rings is 1. The van der Waals surface area contributed by atoms with Gasteiger partial charge in [-0.15, -0.1) is 11.3 Å². The molecule has 0 amide bonds. The normalized spacial score (nSPS) is 12.7.